The van der Waals surface area contributed by atoms with Gasteiger partial charge in [-0.1, -0.05) is 65.2 Å². The van der Waals surface area contributed by atoms with Crippen LogP contribution in [-0.2, 0) is 6.61 Å². The molecule has 3 rings (SSSR count). The molecule has 29 heavy (non-hydrogen) atoms. The molecule has 3 aromatic carbocycles. The highest BCUT2D eigenvalue weighted by Gasteiger charge is 2.10. The van der Waals surface area contributed by atoms with Crippen molar-refractivity contribution in [2.75, 3.05) is 7.11 Å². The predicted molar refractivity (Wildman–Crippen MR) is 118 cm³/mol. The van der Waals surface area contributed by atoms with E-state index in [9.17, 15) is 4.79 Å². The lowest BCUT2D eigenvalue weighted by atomic mass is 10.1. The molecular weight excluding hydrogens is 407 g/mol. The first-order valence-corrected chi connectivity index (χ1v) is 9.76. The Hall–Kier alpha value is -2.75. The fraction of sp³-hybridized carbons (Fsp3) is 0.125. The van der Waals surface area contributed by atoms with E-state index >= 15 is 0 Å². The van der Waals surface area contributed by atoms with Crippen LogP contribution in [0, 0.1) is 6.92 Å². The van der Waals surface area contributed by atoms with Crippen molar-refractivity contribution >= 4 is 35.1 Å². The van der Waals surface area contributed by atoms with Crippen molar-refractivity contribution in [2.45, 2.75) is 13.5 Å². The van der Waals surface area contributed by atoms with Crippen LogP contribution in [0.5, 0.6) is 11.5 Å². The molecule has 0 bridgehead atoms. The number of methoxy groups -OCH3 is 1. The van der Waals surface area contributed by atoms with Crippen LogP contribution in [0.1, 0.15) is 27.0 Å². The van der Waals surface area contributed by atoms with E-state index in [0.717, 1.165) is 16.7 Å². The number of carbonyl (C=O) groups excluding carboxylic acids is 1. The molecule has 0 heterocycles. The number of carbonyl (C=O) groups is 1. The topological polar surface area (TPSA) is 35.5 Å². The summed E-state index contributed by atoms with van der Waals surface area (Å²) in [6.45, 7) is 2.18. The Morgan fingerprint density at radius 2 is 1.72 bits per heavy atom. The van der Waals surface area contributed by atoms with E-state index in [1.165, 1.54) is 0 Å². The summed E-state index contributed by atoms with van der Waals surface area (Å²) in [4.78, 5) is 12.4. The zero-order valence-electron chi connectivity index (χ0n) is 16.1. The minimum absolute atomic E-state index is 0.0508. The lowest BCUT2D eigenvalue weighted by Crippen LogP contribution is -2.00. The maximum Gasteiger partial charge on any atom is 0.185 e. The highest BCUT2D eigenvalue weighted by Crippen LogP contribution is 2.33. The monoisotopic (exact) mass is 426 g/mol. The van der Waals surface area contributed by atoms with Crippen LogP contribution in [0.4, 0.5) is 0 Å². The van der Waals surface area contributed by atoms with Crippen LogP contribution in [0.2, 0.25) is 10.0 Å². The number of hydrogen-bond acceptors (Lipinski definition) is 3. The summed E-state index contributed by atoms with van der Waals surface area (Å²) in [5.41, 5.74) is 3.38. The number of para-hydroxylation sites is 1. The third-order valence-electron chi connectivity index (χ3n) is 4.33. The summed E-state index contributed by atoms with van der Waals surface area (Å²) in [5.74, 6) is 1.05. The number of allylic oxidation sites excluding steroid dienone is 1. The van der Waals surface area contributed by atoms with Gasteiger partial charge in [0.2, 0.25) is 0 Å². The molecule has 0 aliphatic rings. The van der Waals surface area contributed by atoms with E-state index in [-0.39, 0.29) is 12.4 Å². The highest BCUT2D eigenvalue weighted by atomic mass is 35.5. The first kappa shape index (κ1) is 21.0. The standard InChI is InChI=1S/C24H20Cl2O3/c1-16-5-3-6-18(13-16)22(27)11-9-17-10-12-23(28-2)19(14-17)15-29-24-20(25)7-4-8-21(24)26/h3-14H,15H2,1-2H3/b11-9+. The smallest absolute Gasteiger partial charge is 0.185 e. The van der Waals surface area contributed by atoms with Gasteiger partial charge in [0.15, 0.2) is 11.5 Å². The van der Waals surface area contributed by atoms with Crippen LogP contribution in [0.15, 0.2) is 66.7 Å². The molecule has 0 atom stereocenters. The van der Waals surface area contributed by atoms with Crippen LogP contribution in [0.25, 0.3) is 6.08 Å². The van der Waals surface area contributed by atoms with Gasteiger partial charge in [0, 0.05) is 11.1 Å². The normalized spacial score (nSPS) is 10.9. The predicted octanol–water partition coefficient (Wildman–Crippen LogP) is 6.79. The minimum atomic E-state index is -0.0508. The van der Waals surface area contributed by atoms with Crippen molar-refractivity contribution in [1.82, 2.24) is 0 Å². The van der Waals surface area contributed by atoms with Gasteiger partial charge in [0.05, 0.1) is 17.2 Å². The Morgan fingerprint density at radius 3 is 2.41 bits per heavy atom. The molecule has 0 spiro atoms. The fourth-order valence-electron chi connectivity index (χ4n) is 2.85. The van der Waals surface area contributed by atoms with E-state index < -0.39 is 0 Å². The number of aryl methyl sites for hydroxylation is 1. The zero-order chi connectivity index (χ0) is 20.8. The second-order valence-corrected chi connectivity index (χ2v) is 7.29. The lowest BCUT2D eigenvalue weighted by Gasteiger charge is -2.13. The summed E-state index contributed by atoms with van der Waals surface area (Å²) in [7, 11) is 1.60. The van der Waals surface area contributed by atoms with E-state index in [0.29, 0.717) is 27.1 Å². The van der Waals surface area contributed by atoms with E-state index in [2.05, 4.69) is 0 Å². The molecule has 5 heteroatoms. The van der Waals surface area contributed by atoms with E-state index in [4.69, 9.17) is 32.7 Å². The number of hydrogen-bond donors (Lipinski definition) is 0. The Morgan fingerprint density at radius 1 is 1.00 bits per heavy atom. The molecule has 148 valence electrons. The van der Waals surface area contributed by atoms with Crippen molar-refractivity contribution < 1.29 is 14.3 Å². The Balaban J connectivity index is 1.79. The maximum atomic E-state index is 12.4. The summed E-state index contributed by atoms with van der Waals surface area (Å²) in [5, 5.41) is 0.882. The first-order valence-electron chi connectivity index (χ1n) is 9.00. The van der Waals surface area contributed by atoms with Crippen molar-refractivity contribution in [3.63, 3.8) is 0 Å². The Labute approximate surface area is 180 Å². The average Bonchev–Trinajstić information content (AvgIpc) is 2.71. The number of ether oxygens (including phenoxy) is 2. The van der Waals surface area contributed by atoms with Crippen LogP contribution >= 0.6 is 23.2 Å². The second-order valence-electron chi connectivity index (χ2n) is 6.48. The third kappa shape index (κ3) is 5.41. The number of rotatable bonds is 7. The van der Waals surface area contributed by atoms with Crippen LogP contribution in [0.3, 0.4) is 0 Å². The van der Waals surface area contributed by atoms with Gasteiger partial charge >= 0.3 is 0 Å². The van der Waals surface area contributed by atoms with Gasteiger partial charge in [-0.2, -0.15) is 0 Å². The minimum Gasteiger partial charge on any atom is -0.496 e. The van der Waals surface area contributed by atoms with Gasteiger partial charge in [-0.3, -0.25) is 4.79 Å². The zero-order valence-corrected chi connectivity index (χ0v) is 17.6. The largest absolute Gasteiger partial charge is 0.496 e. The molecule has 0 aliphatic carbocycles. The Kier molecular flexibility index (Phi) is 6.97. The highest BCUT2D eigenvalue weighted by molar-refractivity contribution is 6.37. The summed E-state index contributed by atoms with van der Waals surface area (Å²) in [6, 6.07) is 18.3. The van der Waals surface area contributed by atoms with Gasteiger partial charge in [0.25, 0.3) is 0 Å². The van der Waals surface area contributed by atoms with Gasteiger partial charge in [0.1, 0.15) is 12.4 Å². The molecule has 3 nitrogen and oxygen atoms in total. The summed E-state index contributed by atoms with van der Waals surface area (Å²) >= 11 is 12.3. The number of benzene rings is 3. The molecule has 0 aromatic heterocycles. The van der Waals surface area contributed by atoms with Crippen LogP contribution in [-0.4, -0.2) is 12.9 Å². The van der Waals surface area contributed by atoms with Gasteiger partial charge < -0.3 is 9.47 Å². The van der Waals surface area contributed by atoms with Crippen molar-refractivity contribution in [2.24, 2.45) is 0 Å². The molecule has 3 aromatic rings. The maximum absolute atomic E-state index is 12.4. The third-order valence-corrected chi connectivity index (χ3v) is 4.92. The molecule has 0 aliphatic heterocycles. The molecule has 0 radical (unpaired) electrons. The molecular formula is C24H20Cl2O3. The van der Waals surface area contributed by atoms with Crippen molar-refractivity contribution in [3.8, 4) is 11.5 Å². The van der Waals surface area contributed by atoms with Crippen molar-refractivity contribution in [3.05, 3.63) is 99.0 Å². The van der Waals surface area contributed by atoms with Gasteiger partial charge in [-0.15, -0.1) is 0 Å². The average molecular weight is 427 g/mol. The second kappa shape index (κ2) is 9.64. The molecule has 0 saturated heterocycles. The van der Waals surface area contributed by atoms with Gasteiger partial charge in [-0.05, 0) is 48.9 Å². The molecule has 0 fully saturated rings. The van der Waals surface area contributed by atoms with Gasteiger partial charge in [-0.25, -0.2) is 0 Å². The fourth-order valence-corrected chi connectivity index (χ4v) is 3.36. The molecule has 0 N–H and O–H groups in total. The quantitative estimate of drug-likeness (QED) is 0.308. The van der Waals surface area contributed by atoms with Crippen LogP contribution < -0.4 is 9.47 Å². The lowest BCUT2D eigenvalue weighted by molar-refractivity contribution is 0.104. The first-order chi connectivity index (χ1) is 14.0. The molecule has 0 amide bonds. The SMILES string of the molecule is COc1ccc(/C=C/C(=O)c2cccc(C)c2)cc1COc1c(Cl)cccc1Cl. The summed E-state index contributed by atoms with van der Waals surface area (Å²) in [6.07, 6.45) is 3.34. The Bertz CT molecular complexity index is 1040. The number of ketones is 1. The molecule has 0 unspecified atom stereocenters. The van der Waals surface area contributed by atoms with Crippen molar-refractivity contribution in [1.29, 1.82) is 0 Å². The van der Waals surface area contributed by atoms with E-state index in [1.807, 2.05) is 43.3 Å². The molecule has 0 saturated carbocycles. The van der Waals surface area contributed by atoms with E-state index in [1.54, 1.807) is 43.5 Å². The number of halogens is 2. The summed E-state index contributed by atoms with van der Waals surface area (Å²) < 4.78 is 11.2.